The number of aliphatic hydroxyl groups excluding tert-OH is 3. The van der Waals surface area contributed by atoms with Crippen molar-refractivity contribution in [2.24, 2.45) is 17.8 Å². The third kappa shape index (κ3) is 2.56. The number of fused-ring (bicyclic) bond motifs is 3. The number of hydrogen-bond acceptors (Lipinski definition) is 9. The SMILES string of the molecule is C=C1c2cccc(O)c2C(O)=C2C(=O)C3(O)C(=O)C(C(C)=O)C(O)C(N(C)C)C3C(O)C12. The van der Waals surface area contributed by atoms with Crippen LogP contribution in [0.25, 0.3) is 11.3 Å². The maximum absolute atomic E-state index is 13.7. The highest BCUT2D eigenvalue weighted by atomic mass is 16.3. The van der Waals surface area contributed by atoms with Gasteiger partial charge in [-0.25, -0.2) is 0 Å². The fourth-order valence-electron chi connectivity index (χ4n) is 5.70. The van der Waals surface area contributed by atoms with E-state index in [1.807, 2.05) is 0 Å². The second-order valence-corrected chi connectivity index (χ2v) is 8.97. The Labute approximate surface area is 183 Å². The Morgan fingerprint density at radius 1 is 1.12 bits per heavy atom. The van der Waals surface area contributed by atoms with Crippen molar-refractivity contribution in [3.05, 3.63) is 41.5 Å². The minimum absolute atomic E-state index is 0.0954. The first-order chi connectivity index (χ1) is 14.9. The van der Waals surface area contributed by atoms with Crippen LogP contribution >= 0.6 is 0 Å². The van der Waals surface area contributed by atoms with E-state index < -0.39 is 70.3 Å². The van der Waals surface area contributed by atoms with Crippen molar-refractivity contribution in [1.82, 2.24) is 4.90 Å². The molecular formula is C23H25NO8. The van der Waals surface area contributed by atoms with E-state index in [1.165, 1.54) is 31.1 Å². The summed E-state index contributed by atoms with van der Waals surface area (Å²) in [6.45, 7) is 5.02. The average molecular weight is 443 g/mol. The summed E-state index contributed by atoms with van der Waals surface area (Å²) >= 11 is 0. The van der Waals surface area contributed by atoms with Crippen molar-refractivity contribution in [3.8, 4) is 5.75 Å². The van der Waals surface area contributed by atoms with Crippen molar-refractivity contribution in [3.63, 3.8) is 0 Å². The Morgan fingerprint density at radius 3 is 2.31 bits per heavy atom. The predicted octanol–water partition coefficient (Wildman–Crippen LogP) is -0.326. The molecule has 0 aromatic heterocycles. The van der Waals surface area contributed by atoms with Gasteiger partial charge in [-0.1, -0.05) is 18.7 Å². The number of phenols is 1. The van der Waals surface area contributed by atoms with Crippen molar-refractivity contribution in [2.45, 2.75) is 30.8 Å². The smallest absolute Gasteiger partial charge is 0.202 e. The Balaban J connectivity index is 2.02. The van der Waals surface area contributed by atoms with Crippen LogP contribution in [0.1, 0.15) is 18.1 Å². The van der Waals surface area contributed by atoms with Gasteiger partial charge in [-0.05, 0) is 38.2 Å². The molecule has 0 heterocycles. The van der Waals surface area contributed by atoms with Gasteiger partial charge in [0.15, 0.2) is 11.4 Å². The number of carbonyl (C=O) groups is 3. The molecule has 7 atom stereocenters. The highest BCUT2D eigenvalue weighted by Crippen LogP contribution is 2.55. The molecule has 2 saturated carbocycles. The lowest BCUT2D eigenvalue weighted by molar-refractivity contribution is -0.196. The van der Waals surface area contributed by atoms with E-state index in [-0.39, 0.29) is 16.9 Å². The average Bonchev–Trinajstić information content (AvgIpc) is 2.70. The Hall–Kier alpha value is -2.85. The molecule has 0 radical (unpaired) electrons. The fourth-order valence-corrected chi connectivity index (χ4v) is 5.70. The van der Waals surface area contributed by atoms with E-state index in [0.717, 1.165) is 6.92 Å². The van der Waals surface area contributed by atoms with Gasteiger partial charge in [0, 0.05) is 17.9 Å². The van der Waals surface area contributed by atoms with Crippen molar-refractivity contribution >= 4 is 28.7 Å². The fraction of sp³-hybridized carbons (Fsp3) is 0.435. The van der Waals surface area contributed by atoms with Crippen LogP contribution in [0.4, 0.5) is 0 Å². The normalized spacial score (nSPS) is 36.7. The number of Topliss-reactive ketones (excluding diaryl/α,β-unsaturated/α-hetero) is 3. The van der Waals surface area contributed by atoms with Gasteiger partial charge >= 0.3 is 0 Å². The Morgan fingerprint density at radius 2 is 1.75 bits per heavy atom. The molecule has 0 saturated heterocycles. The van der Waals surface area contributed by atoms with E-state index in [1.54, 1.807) is 6.07 Å². The quantitative estimate of drug-likeness (QED) is 0.387. The summed E-state index contributed by atoms with van der Waals surface area (Å²) in [7, 11) is 3.06. The van der Waals surface area contributed by atoms with Gasteiger partial charge in [-0.15, -0.1) is 0 Å². The highest BCUT2D eigenvalue weighted by Gasteiger charge is 2.70. The summed E-state index contributed by atoms with van der Waals surface area (Å²) in [5.74, 6) is -8.55. The van der Waals surface area contributed by atoms with E-state index in [9.17, 15) is 39.9 Å². The summed E-state index contributed by atoms with van der Waals surface area (Å²) in [5, 5.41) is 55.0. The maximum atomic E-state index is 13.7. The van der Waals surface area contributed by atoms with Gasteiger partial charge in [0.1, 0.15) is 23.2 Å². The molecule has 2 fully saturated rings. The van der Waals surface area contributed by atoms with Gasteiger partial charge in [-0.2, -0.15) is 0 Å². The lowest BCUT2D eigenvalue weighted by Gasteiger charge is -2.56. The zero-order chi connectivity index (χ0) is 23.9. The lowest BCUT2D eigenvalue weighted by Crippen LogP contribution is -2.76. The van der Waals surface area contributed by atoms with Crippen molar-refractivity contribution in [1.29, 1.82) is 0 Å². The number of phenolic OH excluding ortho intramolecular Hbond substituents is 1. The van der Waals surface area contributed by atoms with Gasteiger partial charge in [0.2, 0.25) is 5.78 Å². The number of hydrogen-bond donors (Lipinski definition) is 5. The summed E-state index contributed by atoms with van der Waals surface area (Å²) in [4.78, 5) is 40.6. The molecule has 1 aromatic carbocycles. The lowest BCUT2D eigenvalue weighted by atomic mass is 9.52. The zero-order valence-electron chi connectivity index (χ0n) is 17.8. The van der Waals surface area contributed by atoms with E-state index in [2.05, 4.69) is 6.58 Å². The number of aliphatic hydroxyl groups is 4. The predicted molar refractivity (Wildman–Crippen MR) is 112 cm³/mol. The number of likely N-dealkylation sites (N-methyl/N-ethyl adjacent to an activating group) is 1. The van der Waals surface area contributed by atoms with Crippen LogP contribution in [0.15, 0.2) is 30.4 Å². The molecule has 7 unspecified atom stereocenters. The molecule has 1 aromatic rings. The van der Waals surface area contributed by atoms with Gasteiger partial charge < -0.3 is 30.4 Å². The molecule has 3 aliphatic rings. The summed E-state index contributed by atoms with van der Waals surface area (Å²) < 4.78 is 0. The first-order valence-electron chi connectivity index (χ1n) is 10.2. The van der Waals surface area contributed by atoms with Crippen LogP contribution in [0.3, 0.4) is 0 Å². The Kier molecular flexibility index (Phi) is 4.94. The molecule has 9 heteroatoms. The van der Waals surface area contributed by atoms with Crippen LogP contribution in [0, 0.1) is 17.8 Å². The molecule has 170 valence electrons. The van der Waals surface area contributed by atoms with E-state index >= 15 is 0 Å². The molecule has 0 bridgehead atoms. The maximum Gasteiger partial charge on any atom is 0.202 e. The second-order valence-electron chi connectivity index (χ2n) is 8.97. The van der Waals surface area contributed by atoms with Crippen LogP contribution in [-0.4, -0.2) is 85.7 Å². The summed E-state index contributed by atoms with van der Waals surface area (Å²) in [5.41, 5.74) is -2.91. The van der Waals surface area contributed by atoms with E-state index in [4.69, 9.17) is 0 Å². The van der Waals surface area contributed by atoms with Gasteiger partial charge in [-0.3, -0.25) is 14.4 Å². The third-order valence-electron chi connectivity index (χ3n) is 7.10. The monoisotopic (exact) mass is 443 g/mol. The molecule has 0 spiro atoms. The number of nitrogens with zero attached hydrogens (tertiary/aromatic N) is 1. The molecule has 3 aliphatic carbocycles. The number of aromatic hydroxyl groups is 1. The summed E-state index contributed by atoms with van der Waals surface area (Å²) in [6, 6.07) is 3.23. The molecular weight excluding hydrogens is 418 g/mol. The molecule has 9 nitrogen and oxygen atoms in total. The van der Waals surface area contributed by atoms with E-state index in [0.29, 0.717) is 5.56 Å². The van der Waals surface area contributed by atoms with Crippen molar-refractivity contribution in [2.75, 3.05) is 14.1 Å². The third-order valence-corrected chi connectivity index (χ3v) is 7.10. The summed E-state index contributed by atoms with van der Waals surface area (Å²) in [6.07, 6.45) is -3.19. The molecule has 0 aliphatic heterocycles. The highest BCUT2D eigenvalue weighted by molar-refractivity contribution is 6.26. The van der Waals surface area contributed by atoms with Gasteiger partial charge in [0.25, 0.3) is 0 Å². The number of rotatable bonds is 2. The molecule has 0 amide bonds. The van der Waals surface area contributed by atoms with Gasteiger partial charge in [0.05, 0.1) is 23.3 Å². The van der Waals surface area contributed by atoms with Crippen LogP contribution in [0.2, 0.25) is 0 Å². The number of benzene rings is 1. The van der Waals surface area contributed by atoms with Crippen molar-refractivity contribution < 1.29 is 39.9 Å². The van der Waals surface area contributed by atoms with Crippen LogP contribution < -0.4 is 0 Å². The number of carbonyl (C=O) groups excluding carboxylic acids is 3. The first-order valence-corrected chi connectivity index (χ1v) is 10.2. The molecule has 5 N–H and O–H groups in total. The second kappa shape index (κ2) is 7.08. The standard InChI is InChI=1S/C23H25NO8/c1-8-10-6-5-7-11(26)14(10)18(27)15-12(8)19(28)16-17(24(3)4)20(29)13(9(2)25)21(30)23(16,32)22(15)31/h5-7,12-13,16-17,19-20,26-29,32H,1H2,2-4H3. The number of ketones is 3. The minimum Gasteiger partial charge on any atom is -0.507 e. The van der Waals surface area contributed by atoms with Crippen LogP contribution in [0.5, 0.6) is 5.75 Å². The zero-order valence-corrected chi connectivity index (χ0v) is 17.8. The largest absolute Gasteiger partial charge is 0.507 e. The first kappa shape index (κ1) is 22.3. The molecule has 4 rings (SSSR count). The molecule has 32 heavy (non-hydrogen) atoms. The minimum atomic E-state index is -2.87. The Bertz CT molecular complexity index is 1110. The topological polar surface area (TPSA) is 156 Å². The van der Waals surface area contributed by atoms with Crippen LogP contribution in [-0.2, 0) is 14.4 Å².